The molecule has 166 valence electrons. The fourth-order valence-corrected chi connectivity index (χ4v) is 4.70. The average molecular weight is 445 g/mol. The number of hydrogen-bond acceptors (Lipinski definition) is 7. The van der Waals surface area contributed by atoms with E-state index in [1.165, 1.54) is 0 Å². The van der Waals surface area contributed by atoms with Gasteiger partial charge < -0.3 is 19.1 Å². The van der Waals surface area contributed by atoms with Gasteiger partial charge in [0.2, 0.25) is 5.91 Å². The predicted octanol–water partition coefficient (Wildman–Crippen LogP) is 1.89. The highest BCUT2D eigenvalue weighted by atomic mass is 32.2. The van der Waals surface area contributed by atoms with Crippen molar-refractivity contribution in [2.45, 2.75) is 17.6 Å². The van der Waals surface area contributed by atoms with Crippen LogP contribution in [0.1, 0.15) is 21.8 Å². The minimum absolute atomic E-state index is 0.0112. The van der Waals surface area contributed by atoms with Crippen LogP contribution < -0.4 is 0 Å². The largest absolute Gasteiger partial charge is 0.379 e. The molecule has 0 radical (unpaired) electrons. The first kappa shape index (κ1) is 21.9. The molecule has 2 fully saturated rings. The van der Waals surface area contributed by atoms with E-state index < -0.39 is 0 Å². The lowest BCUT2D eigenvalue weighted by atomic mass is 10.1. The van der Waals surface area contributed by atoms with Crippen LogP contribution in [0.3, 0.4) is 0 Å². The minimum atomic E-state index is 0.0112. The Labute approximate surface area is 186 Å². The summed E-state index contributed by atoms with van der Waals surface area (Å²) >= 11 is 1.57. The van der Waals surface area contributed by atoms with Gasteiger partial charge in [0.05, 0.1) is 36.8 Å². The third-order valence-corrected chi connectivity index (χ3v) is 6.64. The van der Waals surface area contributed by atoms with E-state index in [2.05, 4.69) is 10.1 Å². The number of piperazine rings is 1. The highest BCUT2D eigenvalue weighted by Gasteiger charge is 2.27. The van der Waals surface area contributed by atoms with E-state index in [0.29, 0.717) is 57.3 Å². The summed E-state index contributed by atoms with van der Waals surface area (Å²) in [5.74, 6) is 1.55. The van der Waals surface area contributed by atoms with Crippen molar-refractivity contribution in [1.82, 2.24) is 19.9 Å². The Kier molecular flexibility index (Phi) is 7.26. The van der Waals surface area contributed by atoms with Crippen molar-refractivity contribution >= 4 is 23.6 Å². The number of amides is 2. The molecule has 8 nitrogen and oxygen atoms in total. The topological polar surface area (TPSA) is 79.1 Å². The molecule has 3 heterocycles. The van der Waals surface area contributed by atoms with Gasteiger partial charge in [-0.1, -0.05) is 17.3 Å². The molecule has 0 unspecified atom stereocenters. The van der Waals surface area contributed by atoms with Crippen LogP contribution in [0.2, 0.25) is 0 Å². The third kappa shape index (κ3) is 5.66. The monoisotopic (exact) mass is 444 g/mol. The Balaban J connectivity index is 1.31. The van der Waals surface area contributed by atoms with Gasteiger partial charge in [-0.05, 0) is 19.1 Å². The molecule has 2 aromatic rings. The second-order valence-electron chi connectivity index (χ2n) is 7.78. The lowest BCUT2D eigenvalue weighted by Crippen LogP contribution is -2.53. The number of morpholine rings is 1. The molecule has 0 spiro atoms. The minimum Gasteiger partial charge on any atom is -0.379 e. The van der Waals surface area contributed by atoms with Gasteiger partial charge in [-0.2, -0.15) is 0 Å². The molecule has 4 rings (SSSR count). The Morgan fingerprint density at radius 1 is 1.03 bits per heavy atom. The van der Waals surface area contributed by atoms with Crippen LogP contribution in [0.15, 0.2) is 39.8 Å². The number of aromatic nitrogens is 1. The molecule has 31 heavy (non-hydrogen) atoms. The predicted molar refractivity (Wildman–Crippen MR) is 117 cm³/mol. The van der Waals surface area contributed by atoms with Crippen molar-refractivity contribution in [2.75, 3.05) is 59.0 Å². The van der Waals surface area contributed by atoms with Crippen molar-refractivity contribution in [2.24, 2.45) is 0 Å². The summed E-state index contributed by atoms with van der Waals surface area (Å²) < 4.78 is 10.6. The van der Waals surface area contributed by atoms with Gasteiger partial charge in [0, 0.05) is 50.2 Å². The Bertz CT molecular complexity index is 904. The normalized spacial score (nSPS) is 17.7. The molecular weight excluding hydrogens is 416 g/mol. The summed E-state index contributed by atoms with van der Waals surface area (Å²) in [5.41, 5.74) is 1.54. The lowest BCUT2D eigenvalue weighted by Gasteiger charge is -2.36. The number of thioether (sulfide) groups is 1. The highest BCUT2D eigenvalue weighted by Crippen LogP contribution is 2.27. The molecule has 9 heteroatoms. The van der Waals surface area contributed by atoms with Gasteiger partial charge >= 0.3 is 0 Å². The van der Waals surface area contributed by atoms with Gasteiger partial charge in [0.15, 0.2) is 0 Å². The summed E-state index contributed by atoms with van der Waals surface area (Å²) in [4.78, 5) is 32.6. The number of nitrogens with zero attached hydrogens (tertiary/aromatic N) is 4. The highest BCUT2D eigenvalue weighted by molar-refractivity contribution is 7.98. The second-order valence-corrected chi connectivity index (χ2v) is 8.80. The van der Waals surface area contributed by atoms with Crippen molar-refractivity contribution < 1.29 is 18.8 Å². The molecule has 0 atom stereocenters. The first-order valence-electron chi connectivity index (χ1n) is 10.6. The number of carbonyl (C=O) groups is 2. The van der Waals surface area contributed by atoms with Crippen molar-refractivity contribution in [3.63, 3.8) is 0 Å². The van der Waals surface area contributed by atoms with Crippen LogP contribution in [0.4, 0.5) is 0 Å². The van der Waals surface area contributed by atoms with E-state index >= 15 is 0 Å². The Morgan fingerprint density at radius 2 is 1.74 bits per heavy atom. The Morgan fingerprint density at radius 3 is 2.45 bits per heavy atom. The van der Waals surface area contributed by atoms with Crippen molar-refractivity contribution in [3.05, 3.63) is 47.3 Å². The number of benzene rings is 1. The summed E-state index contributed by atoms with van der Waals surface area (Å²) in [5, 5.41) is 3.91. The second kappa shape index (κ2) is 10.3. The summed E-state index contributed by atoms with van der Waals surface area (Å²) in [6.45, 7) is 7.52. The maximum absolute atomic E-state index is 13.2. The number of ether oxygens (including phenoxy) is 1. The van der Waals surface area contributed by atoms with E-state index in [9.17, 15) is 9.59 Å². The maximum Gasteiger partial charge on any atom is 0.255 e. The molecule has 0 bridgehead atoms. The first-order chi connectivity index (χ1) is 15.1. The van der Waals surface area contributed by atoms with Crippen molar-refractivity contribution in [1.29, 1.82) is 0 Å². The number of hydrogen-bond donors (Lipinski definition) is 0. The van der Waals surface area contributed by atoms with E-state index in [1.54, 1.807) is 11.8 Å². The maximum atomic E-state index is 13.2. The van der Waals surface area contributed by atoms with E-state index in [1.807, 2.05) is 47.1 Å². The van der Waals surface area contributed by atoms with Gasteiger partial charge in [-0.3, -0.25) is 14.5 Å². The third-order valence-electron chi connectivity index (χ3n) is 5.55. The fourth-order valence-electron chi connectivity index (χ4n) is 3.78. The molecule has 0 aliphatic carbocycles. The van der Waals surface area contributed by atoms with E-state index in [4.69, 9.17) is 9.26 Å². The number of rotatable bonds is 6. The molecule has 2 aliphatic rings. The zero-order valence-electron chi connectivity index (χ0n) is 17.8. The quantitative estimate of drug-likeness (QED) is 0.630. The number of aryl methyl sites for hydroxylation is 1. The van der Waals surface area contributed by atoms with Gasteiger partial charge in [-0.25, -0.2) is 0 Å². The molecule has 1 aromatic carbocycles. The van der Waals surface area contributed by atoms with Gasteiger partial charge in [0.25, 0.3) is 5.91 Å². The van der Waals surface area contributed by atoms with E-state index in [0.717, 1.165) is 29.4 Å². The zero-order valence-corrected chi connectivity index (χ0v) is 18.6. The van der Waals surface area contributed by atoms with Crippen LogP contribution in [0.25, 0.3) is 0 Å². The smallest absolute Gasteiger partial charge is 0.255 e. The van der Waals surface area contributed by atoms with Crippen LogP contribution in [-0.4, -0.2) is 90.7 Å². The molecule has 0 saturated carbocycles. The van der Waals surface area contributed by atoms with E-state index in [-0.39, 0.29) is 11.8 Å². The summed E-state index contributed by atoms with van der Waals surface area (Å²) in [7, 11) is 0. The van der Waals surface area contributed by atoms with Gasteiger partial charge in [0.1, 0.15) is 5.76 Å². The molecule has 2 saturated heterocycles. The average Bonchev–Trinajstić information content (AvgIpc) is 3.23. The van der Waals surface area contributed by atoms with Crippen molar-refractivity contribution in [3.8, 4) is 0 Å². The standard InChI is InChI=1S/C22H28N4O4S/c1-17-14-18(30-23-17)16-31-20-5-3-2-4-19(20)22(28)26-8-6-25(7-9-26)21(27)15-24-10-12-29-13-11-24/h2-5,14H,6-13,15-16H2,1H3. The molecular formula is C22H28N4O4S. The zero-order chi connectivity index (χ0) is 21.6. The SMILES string of the molecule is Cc1cc(CSc2ccccc2C(=O)N2CCN(C(=O)CN3CCOCC3)CC2)on1. The Hall–Kier alpha value is -2.36. The van der Waals surface area contributed by atoms with Crippen LogP contribution in [0, 0.1) is 6.92 Å². The first-order valence-corrected chi connectivity index (χ1v) is 11.6. The lowest BCUT2D eigenvalue weighted by molar-refractivity contribution is -0.134. The molecule has 2 aliphatic heterocycles. The van der Waals surface area contributed by atoms with Gasteiger partial charge in [-0.15, -0.1) is 11.8 Å². The summed E-state index contributed by atoms with van der Waals surface area (Å²) in [6.07, 6.45) is 0. The summed E-state index contributed by atoms with van der Waals surface area (Å²) in [6, 6.07) is 9.56. The molecule has 0 N–H and O–H groups in total. The van der Waals surface area contributed by atoms with Crippen LogP contribution >= 0.6 is 11.8 Å². The number of carbonyl (C=O) groups excluding carboxylic acids is 2. The fraction of sp³-hybridized carbons (Fsp3) is 0.500. The molecule has 2 amide bonds. The van der Waals surface area contributed by atoms with Crippen LogP contribution in [0.5, 0.6) is 0 Å². The molecule has 1 aromatic heterocycles. The van der Waals surface area contributed by atoms with Crippen LogP contribution in [-0.2, 0) is 15.3 Å².